The summed E-state index contributed by atoms with van der Waals surface area (Å²) in [4.78, 5) is 20.7. The summed E-state index contributed by atoms with van der Waals surface area (Å²) in [5.74, 6) is -2.69. The smallest absolute Gasteiger partial charge is 0.550 e. The van der Waals surface area contributed by atoms with Gasteiger partial charge >= 0.3 is 21.1 Å². The summed E-state index contributed by atoms with van der Waals surface area (Å²) >= 11 is 0. The summed E-state index contributed by atoms with van der Waals surface area (Å²) in [6.07, 6.45) is 3.68. The molecule has 24 heavy (non-hydrogen) atoms. The van der Waals surface area contributed by atoms with Crippen LogP contribution >= 0.6 is 0 Å². The van der Waals surface area contributed by atoms with Gasteiger partial charge in [0.2, 0.25) is 0 Å². The Morgan fingerprint density at radius 1 is 1.04 bits per heavy atom. The Morgan fingerprint density at radius 2 is 1.54 bits per heavy atom. The quantitative estimate of drug-likeness (QED) is 0.348. The summed E-state index contributed by atoms with van der Waals surface area (Å²) in [5.41, 5.74) is 4.46. The van der Waals surface area contributed by atoms with Crippen molar-refractivity contribution in [1.82, 2.24) is 11.0 Å². The van der Waals surface area contributed by atoms with E-state index < -0.39 is 18.4 Å². The zero-order valence-corrected chi connectivity index (χ0v) is 15.1. The average molecular weight is 519 g/mol. The van der Waals surface area contributed by atoms with Crippen molar-refractivity contribution in [1.29, 1.82) is 0 Å². The molecule has 2 rings (SSSR count). The third-order valence-electron chi connectivity index (χ3n) is 3.67. The van der Waals surface area contributed by atoms with Crippen LogP contribution in [-0.2, 0) is 32.3 Å². The number of aliphatic carboxylic acids is 1. The second-order valence-corrected chi connectivity index (χ2v) is 5.25. The molecule has 8 nitrogen and oxygen atoms in total. The van der Waals surface area contributed by atoms with Gasteiger partial charge in [-0.25, -0.2) is 11.0 Å². The van der Waals surface area contributed by atoms with Crippen LogP contribution in [0.25, 0.3) is 0 Å². The minimum absolute atomic E-state index is 0. The second kappa shape index (κ2) is 12.1. The van der Waals surface area contributed by atoms with E-state index in [0.717, 1.165) is 25.7 Å². The van der Waals surface area contributed by atoms with Crippen LogP contribution in [-0.4, -0.2) is 34.4 Å². The van der Waals surface area contributed by atoms with Gasteiger partial charge in [0.15, 0.2) is 0 Å². The van der Waals surface area contributed by atoms with Crippen LogP contribution in [0.1, 0.15) is 41.6 Å². The summed E-state index contributed by atoms with van der Waals surface area (Å²) in [6.45, 7) is 0. The van der Waals surface area contributed by atoms with Gasteiger partial charge in [0.1, 0.15) is 0 Å². The number of hydroxylamine groups is 2. The fourth-order valence-electron chi connectivity index (χ4n) is 2.47. The molecule has 9 heteroatoms. The summed E-state index contributed by atoms with van der Waals surface area (Å²) in [6, 6.07) is 5.81. The molecular weight excluding hydrogens is 499 g/mol. The molecule has 1 aliphatic rings. The summed E-state index contributed by atoms with van der Waals surface area (Å²) in [5, 5.41) is 37.9. The van der Waals surface area contributed by atoms with Gasteiger partial charge in [0.25, 0.3) is 0 Å². The standard InChI is InChI=1S/C9H8O4.C6H14N2O2.Pt/c10-8(11)5-6-3-1-2-4-7(6)9(12)13;9-7-5-3-1-2-4-6(5)8-10;/h1-4H,5H2,(H,10,11)(H,12,13);5-10H,1-4H2;/q;;+2/p-2. The number of hydrogen-bond acceptors (Lipinski definition) is 8. The van der Waals surface area contributed by atoms with Crippen molar-refractivity contribution in [2.45, 2.75) is 44.2 Å². The predicted molar refractivity (Wildman–Crippen MR) is 75.4 cm³/mol. The Kier molecular flexibility index (Phi) is 11.4. The third-order valence-corrected chi connectivity index (χ3v) is 3.67. The van der Waals surface area contributed by atoms with Gasteiger partial charge in [0.05, 0.1) is 5.97 Å². The molecule has 1 aromatic rings. The van der Waals surface area contributed by atoms with E-state index in [4.69, 9.17) is 10.4 Å². The molecule has 0 aliphatic heterocycles. The van der Waals surface area contributed by atoms with Gasteiger partial charge in [-0.2, -0.15) is 0 Å². The first kappa shape index (κ1) is 22.7. The van der Waals surface area contributed by atoms with E-state index in [9.17, 15) is 19.8 Å². The molecule has 4 N–H and O–H groups in total. The number of carboxylic acid groups (broad SMARTS) is 2. The molecular formula is C15H20N2O6Pt. The first-order valence-corrected chi connectivity index (χ1v) is 7.28. The summed E-state index contributed by atoms with van der Waals surface area (Å²) in [7, 11) is 0. The molecule has 0 radical (unpaired) electrons. The maximum atomic E-state index is 10.5. The van der Waals surface area contributed by atoms with E-state index in [0.29, 0.717) is 0 Å². The number of carbonyl (C=O) groups is 2. The molecule has 0 bridgehead atoms. The van der Waals surface area contributed by atoms with Gasteiger partial charge in [-0.15, -0.1) is 0 Å². The zero-order chi connectivity index (χ0) is 17.2. The Balaban J connectivity index is 0.000000436. The number of carbonyl (C=O) groups excluding carboxylic acids is 2. The molecule has 1 aromatic carbocycles. The van der Waals surface area contributed by atoms with Crippen LogP contribution in [0, 0.1) is 0 Å². The second-order valence-electron chi connectivity index (χ2n) is 5.25. The molecule has 136 valence electrons. The normalized spacial score (nSPS) is 19.4. The van der Waals surface area contributed by atoms with E-state index in [-0.39, 0.29) is 44.3 Å². The topological polar surface area (TPSA) is 145 Å². The Labute approximate surface area is 154 Å². The first-order valence-electron chi connectivity index (χ1n) is 7.28. The van der Waals surface area contributed by atoms with Crippen LogP contribution in [0.5, 0.6) is 0 Å². The third kappa shape index (κ3) is 7.51. The fraction of sp³-hybridized carbons (Fsp3) is 0.467. The van der Waals surface area contributed by atoms with Crippen molar-refractivity contribution in [2.75, 3.05) is 0 Å². The molecule has 0 amide bonds. The predicted octanol–water partition coefficient (Wildman–Crippen LogP) is -1.40. The SMILES string of the molecule is O=C([O-])Cc1ccccc1C(=O)[O-].ONC1CCCCC1NO.[Pt+2]. The zero-order valence-electron chi connectivity index (χ0n) is 12.8. The number of benzene rings is 1. The summed E-state index contributed by atoms with van der Waals surface area (Å²) < 4.78 is 0. The number of carboxylic acids is 2. The van der Waals surface area contributed by atoms with Gasteiger partial charge in [0, 0.05) is 30.0 Å². The van der Waals surface area contributed by atoms with Crippen LogP contribution in [0.2, 0.25) is 0 Å². The van der Waals surface area contributed by atoms with Crippen molar-refractivity contribution in [3.05, 3.63) is 35.4 Å². The van der Waals surface area contributed by atoms with Gasteiger partial charge in [-0.1, -0.05) is 37.1 Å². The number of hydrogen-bond donors (Lipinski definition) is 4. The molecule has 1 aliphatic carbocycles. The Morgan fingerprint density at radius 3 is 1.96 bits per heavy atom. The van der Waals surface area contributed by atoms with Crippen LogP contribution in [0.4, 0.5) is 0 Å². The number of nitrogens with one attached hydrogen (secondary N) is 2. The van der Waals surface area contributed by atoms with Gasteiger partial charge in [-0.3, -0.25) is 0 Å². The molecule has 1 fully saturated rings. The van der Waals surface area contributed by atoms with Crippen molar-refractivity contribution >= 4 is 11.9 Å². The van der Waals surface area contributed by atoms with E-state index in [2.05, 4.69) is 11.0 Å². The molecule has 0 heterocycles. The van der Waals surface area contributed by atoms with Crippen molar-refractivity contribution in [3.8, 4) is 0 Å². The molecule has 0 spiro atoms. The van der Waals surface area contributed by atoms with E-state index >= 15 is 0 Å². The average Bonchev–Trinajstić information content (AvgIpc) is 2.55. The Hall–Kier alpha value is -1.31. The number of aromatic carboxylic acids is 1. The molecule has 2 unspecified atom stereocenters. The minimum atomic E-state index is -1.38. The maximum Gasteiger partial charge on any atom is 2.00 e. The van der Waals surface area contributed by atoms with E-state index in [1.54, 1.807) is 6.07 Å². The maximum absolute atomic E-state index is 10.5. The largest absolute Gasteiger partial charge is 2.00 e. The first-order chi connectivity index (χ1) is 11.0. The minimum Gasteiger partial charge on any atom is -0.550 e. The van der Waals surface area contributed by atoms with Crippen molar-refractivity contribution in [2.24, 2.45) is 0 Å². The van der Waals surface area contributed by atoms with Crippen LogP contribution in [0.15, 0.2) is 24.3 Å². The van der Waals surface area contributed by atoms with E-state index in [1.807, 2.05) is 0 Å². The van der Waals surface area contributed by atoms with Gasteiger partial charge < -0.3 is 30.2 Å². The Bertz CT molecular complexity index is 516. The molecule has 0 saturated heterocycles. The van der Waals surface area contributed by atoms with E-state index in [1.165, 1.54) is 18.2 Å². The van der Waals surface area contributed by atoms with Crippen molar-refractivity contribution < 1.29 is 51.3 Å². The van der Waals surface area contributed by atoms with Crippen LogP contribution < -0.4 is 21.2 Å². The fourth-order valence-corrected chi connectivity index (χ4v) is 2.47. The molecule has 1 saturated carbocycles. The monoisotopic (exact) mass is 519 g/mol. The van der Waals surface area contributed by atoms with Crippen molar-refractivity contribution in [3.63, 3.8) is 0 Å². The van der Waals surface area contributed by atoms with Crippen LogP contribution in [0.3, 0.4) is 0 Å². The molecule has 2 atom stereocenters. The van der Waals surface area contributed by atoms with Gasteiger partial charge in [-0.05, 0) is 18.4 Å². The molecule has 0 aromatic heterocycles. The number of rotatable bonds is 5.